The van der Waals surface area contributed by atoms with E-state index in [0.29, 0.717) is 0 Å². The maximum absolute atomic E-state index is 12.7. The van der Waals surface area contributed by atoms with E-state index in [1.54, 1.807) is 27.8 Å². The molecule has 3 heterocycles. The monoisotopic (exact) mass is 321 g/mol. The van der Waals surface area contributed by atoms with E-state index < -0.39 is 5.54 Å². The highest BCUT2D eigenvalue weighted by atomic mass is 32.2. The summed E-state index contributed by atoms with van der Waals surface area (Å²) in [6.45, 7) is 4.04. The number of nitrogens with zero attached hydrogens (tertiary/aromatic N) is 2. The Morgan fingerprint density at radius 1 is 1.52 bits per heavy atom. The Balaban J connectivity index is 1.78. The van der Waals surface area contributed by atoms with Gasteiger partial charge in [0, 0.05) is 23.7 Å². The van der Waals surface area contributed by atoms with Crippen LogP contribution in [0.2, 0.25) is 0 Å². The molecule has 1 atom stereocenters. The lowest BCUT2D eigenvalue weighted by atomic mass is 9.97. The van der Waals surface area contributed by atoms with Gasteiger partial charge in [-0.25, -0.2) is 0 Å². The fraction of sp³-hybridized carbons (Fsp3) is 0.467. The third-order valence-electron chi connectivity index (χ3n) is 3.78. The molecule has 2 aromatic heterocycles. The SMILES string of the molecule is Cn1cc(C(C)(C)NC(=O)[C@H]2SCCc3sccc32)cn1. The standard InChI is InChI=1S/C15H19N3OS2/c1-15(2,10-8-16-18(3)9-10)17-14(19)13-11-4-6-20-12(11)5-7-21-13/h4,6,8-9,13H,5,7H2,1-3H3,(H,17,19)/t13-/m0/s1. The third-order valence-corrected chi connectivity index (χ3v) is 6.01. The van der Waals surface area contributed by atoms with Gasteiger partial charge in [-0.05, 0) is 43.0 Å². The first-order valence-corrected chi connectivity index (χ1v) is 8.89. The number of rotatable bonds is 3. The summed E-state index contributed by atoms with van der Waals surface area (Å²) in [6.07, 6.45) is 4.84. The number of hydrogen-bond acceptors (Lipinski definition) is 4. The molecule has 112 valence electrons. The summed E-state index contributed by atoms with van der Waals surface area (Å²) in [5.41, 5.74) is 1.79. The van der Waals surface area contributed by atoms with Crippen LogP contribution in [0.4, 0.5) is 0 Å². The van der Waals surface area contributed by atoms with Crippen LogP contribution in [0.15, 0.2) is 23.8 Å². The van der Waals surface area contributed by atoms with E-state index in [0.717, 1.165) is 17.7 Å². The summed E-state index contributed by atoms with van der Waals surface area (Å²) in [5, 5.41) is 9.37. The van der Waals surface area contributed by atoms with Gasteiger partial charge >= 0.3 is 0 Å². The molecule has 4 nitrogen and oxygen atoms in total. The zero-order chi connectivity index (χ0) is 15.0. The fourth-order valence-corrected chi connectivity index (χ4v) is 4.85. The molecule has 0 saturated heterocycles. The quantitative estimate of drug-likeness (QED) is 0.945. The normalized spacial score (nSPS) is 18.3. The van der Waals surface area contributed by atoms with Crippen LogP contribution in [0, 0.1) is 0 Å². The summed E-state index contributed by atoms with van der Waals surface area (Å²) >= 11 is 3.49. The first kappa shape index (κ1) is 14.7. The Morgan fingerprint density at radius 2 is 2.33 bits per heavy atom. The lowest BCUT2D eigenvalue weighted by molar-refractivity contribution is -0.122. The molecule has 3 rings (SSSR count). The molecule has 0 spiro atoms. The lowest BCUT2D eigenvalue weighted by Gasteiger charge is -2.29. The average molecular weight is 321 g/mol. The van der Waals surface area contributed by atoms with Gasteiger partial charge in [0.25, 0.3) is 0 Å². The minimum atomic E-state index is -0.417. The van der Waals surface area contributed by atoms with Crippen molar-refractivity contribution in [1.82, 2.24) is 15.1 Å². The Morgan fingerprint density at radius 3 is 3.05 bits per heavy atom. The van der Waals surface area contributed by atoms with E-state index >= 15 is 0 Å². The van der Waals surface area contributed by atoms with Gasteiger partial charge in [-0.3, -0.25) is 9.48 Å². The first-order chi connectivity index (χ1) is 9.97. The average Bonchev–Trinajstić information content (AvgIpc) is 3.05. The topological polar surface area (TPSA) is 46.9 Å². The molecule has 0 bridgehead atoms. The van der Waals surface area contributed by atoms with Crippen molar-refractivity contribution in [2.75, 3.05) is 5.75 Å². The molecule has 0 aliphatic carbocycles. The van der Waals surface area contributed by atoms with Crippen molar-refractivity contribution in [3.8, 4) is 0 Å². The number of amides is 1. The number of thiophene rings is 1. The number of carbonyl (C=O) groups is 1. The van der Waals surface area contributed by atoms with E-state index in [4.69, 9.17) is 0 Å². The first-order valence-electron chi connectivity index (χ1n) is 6.96. The number of hydrogen-bond donors (Lipinski definition) is 1. The highest BCUT2D eigenvalue weighted by Crippen LogP contribution is 2.40. The Hall–Kier alpha value is -1.27. The summed E-state index contributed by atoms with van der Waals surface area (Å²) in [5.74, 6) is 1.10. The van der Waals surface area contributed by atoms with Gasteiger partial charge < -0.3 is 5.32 Å². The van der Waals surface area contributed by atoms with Crippen LogP contribution in [-0.2, 0) is 23.8 Å². The lowest BCUT2D eigenvalue weighted by Crippen LogP contribution is -2.43. The maximum atomic E-state index is 12.7. The summed E-state index contributed by atoms with van der Waals surface area (Å²) < 4.78 is 1.76. The molecule has 6 heteroatoms. The number of fused-ring (bicyclic) bond motifs is 1. The second-order valence-electron chi connectivity index (χ2n) is 5.82. The molecule has 0 unspecified atom stereocenters. The van der Waals surface area contributed by atoms with Gasteiger partial charge in [-0.2, -0.15) is 5.10 Å². The Labute approximate surface area is 132 Å². The highest BCUT2D eigenvalue weighted by Gasteiger charge is 2.32. The van der Waals surface area contributed by atoms with E-state index in [9.17, 15) is 4.79 Å². The predicted octanol–water partition coefficient (Wildman–Crippen LogP) is 2.86. The molecule has 0 radical (unpaired) electrons. The van der Waals surface area contributed by atoms with Crippen molar-refractivity contribution in [1.29, 1.82) is 0 Å². The number of nitrogens with one attached hydrogen (secondary N) is 1. The largest absolute Gasteiger partial charge is 0.346 e. The van der Waals surface area contributed by atoms with E-state index in [1.165, 1.54) is 10.4 Å². The molecule has 1 N–H and O–H groups in total. The second kappa shape index (κ2) is 5.50. The number of thioether (sulfide) groups is 1. The molecule has 0 aromatic carbocycles. The van der Waals surface area contributed by atoms with E-state index in [2.05, 4.69) is 21.9 Å². The van der Waals surface area contributed by atoms with Gasteiger partial charge in [0.1, 0.15) is 5.25 Å². The Bertz CT molecular complexity index is 659. The third kappa shape index (κ3) is 2.87. The molecule has 0 saturated carbocycles. The molecular formula is C15H19N3OS2. The smallest absolute Gasteiger partial charge is 0.238 e. The zero-order valence-electron chi connectivity index (χ0n) is 12.4. The molecule has 1 aliphatic rings. The van der Waals surface area contributed by atoms with Crippen LogP contribution in [0.5, 0.6) is 0 Å². The molecule has 21 heavy (non-hydrogen) atoms. The van der Waals surface area contributed by atoms with Gasteiger partial charge in [-0.1, -0.05) is 0 Å². The summed E-state index contributed by atoms with van der Waals surface area (Å²) in [7, 11) is 1.88. The highest BCUT2D eigenvalue weighted by molar-refractivity contribution is 8.00. The molecule has 2 aromatic rings. The molecule has 0 fully saturated rings. The minimum absolute atomic E-state index is 0.0871. The molecular weight excluding hydrogens is 302 g/mol. The second-order valence-corrected chi connectivity index (χ2v) is 8.03. The van der Waals surface area contributed by atoms with Crippen molar-refractivity contribution in [2.24, 2.45) is 7.05 Å². The van der Waals surface area contributed by atoms with Crippen LogP contribution in [0.1, 0.15) is 35.1 Å². The minimum Gasteiger partial charge on any atom is -0.346 e. The predicted molar refractivity (Wildman–Crippen MR) is 87.6 cm³/mol. The molecule has 1 amide bonds. The van der Waals surface area contributed by atoms with E-state index in [1.807, 2.05) is 33.3 Å². The summed E-state index contributed by atoms with van der Waals surface area (Å²) in [6, 6.07) is 2.09. The van der Waals surface area contributed by atoms with Gasteiger partial charge in [0.15, 0.2) is 0 Å². The van der Waals surface area contributed by atoms with Crippen molar-refractivity contribution in [2.45, 2.75) is 31.1 Å². The van der Waals surface area contributed by atoms with Crippen molar-refractivity contribution in [3.05, 3.63) is 39.8 Å². The van der Waals surface area contributed by atoms with E-state index in [-0.39, 0.29) is 11.2 Å². The number of aromatic nitrogens is 2. The van der Waals surface area contributed by atoms with Crippen LogP contribution < -0.4 is 5.32 Å². The number of aryl methyl sites for hydroxylation is 2. The van der Waals surface area contributed by atoms with Gasteiger partial charge in [-0.15, -0.1) is 23.1 Å². The van der Waals surface area contributed by atoms with Crippen molar-refractivity contribution < 1.29 is 4.79 Å². The van der Waals surface area contributed by atoms with Crippen LogP contribution >= 0.6 is 23.1 Å². The van der Waals surface area contributed by atoms with Gasteiger partial charge in [0.2, 0.25) is 5.91 Å². The molecule has 1 aliphatic heterocycles. The summed E-state index contributed by atoms with van der Waals surface area (Å²) in [4.78, 5) is 14.1. The van der Waals surface area contributed by atoms with Crippen LogP contribution in [-0.4, -0.2) is 21.4 Å². The fourth-order valence-electron chi connectivity index (χ4n) is 2.55. The van der Waals surface area contributed by atoms with Crippen molar-refractivity contribution >= 4 is 29.0 Å². The number of carbonyl (C=O) groups excluding carboxylic acids is 1. The van der Waals surface area contributed by atoms with Crippen LogP contribution in [0.3, 0.4) is 0 Å². The Kier molecular flexibility index (Phi) is 3.84. The van der Waals surface area contributed by atoms with Gasteiger partial charge in [0.05, 0.1) is 11.7 Å². The zero-order valence-corrected chi connectivity index (χ0v) is 14.1. The van der Waals surface area contributed by atoms with Crippen LogP contribution in [0.25, 0.3) is 0 Å². The van der Waals surface area contributed by atoms with Crippen molar-refractivity contribution in [3.63, 3.8) is 0 Å². The maximum Gasteiger partial charge on any atom is 0.238 e.